The van der Waals surface area contributed by atoms with Crippen LogP contribution in [0.3, 0.4) is 0 Å². The molecule has 2 aromatic rings. The number of rotatable bonds is 9. The molecule has 0 saturated heterocycles. The molecule has 0 bridgehead atoms. The van der Waals surface area contributed by atoms with Crippen molar-refractivity contribution in [1.29, 1.82) is 0 Å². The topological polar surface area (TPSA) is 86.8 Å². The Hall–Kier alpha value is -2.71. The molecular weight excluding hydrogens is 414 g/mol. The van der Waals surface area contributed by atoms with Crippen molar-refractivity contribution in [3.05, 3.63) is 65.2 Å². The molecule has 1 atom stereocenters. The van der Waals surface area contributed by atoms with Gasteiger partial charge in [0.15, 0.2) is 0 Å². The Kier molecular flexibility index (Phi) is 8.36. The first-order chi connectivity index (χ1) is 14.6. The maximum absolute atomic E-state index is 13.2. The van der Waals surface area contributed by atoms with Gasteiger partial charge in [0.05, 0.1) is 11.4 Å². The summed E-state index contributed by atoms with van der Waals surface area (Å²) in [6.45, 7) is 5.51. The fourth-order valence-corrected chi connectivity index (χ4v) is 4.35. The van der Waals surface area contributed by atoms with Crippen molar-refractivity contribution >= 4 is 21.8 Å². The number of likely N-dealkylation sites (N-methyl/N-ethyl adjacent to an activating group) is 2. The molecule has 2 aromatic carbocycles. The van der Waals surface area contributed by atoms with E-state index >= 15 is 0 Å². The minimum atomic E-state index is -3.84. The molecule has 2 rings (SSSR count). The van der Waals surface area contributed by atoms with Crippen molar-refractivity contribution in [2.75, 3.05) is 20.6 Å². The number of sulfonamides is 1. The lowest BCUT2D eigenvalue weighted by Crippen LogP contribution is -2.51. The zero-order valence-corrected chi connectivity index (χ0v) is 19.6. The number of nitrogens with one attached hydrogen (secondary N) is 1. The van der Waals surface area contributed by atoms with Gasteiger partial charge in [0.2, 0.25) is 21.8 Å². The minimum Gasteiger partial charge on any atom is -0.357 e. The van der Waals surface area contributed by atoms with Crippen LogP contribution in [0.1, 0.15) is 30.0 Å². The van der Waals surface area contributed by atoms with Crippen molar-refractivity contribution in [2.45, 2.75) is 44.7 Å². The van der Waals surface area contributed by atoms with E-state index in [1.807, 2.05) is 45.0 Å². The second-order valence-electron chi connectivity index (χ2n) is 7.62. The number of benzene rings is 2. The van der Waals surface area contributed by atoms with E-state index in [2.05, 4.69) is 5.32 Å². The summed E-state index contributed by atoms with van der Waals surface area (Å²) in [5.41, 5.74) is 2.90. The van der Waals surface area contributed by atoms with Crippen LogP contribution in [0, 0.1) is 13.8 Å². The molecule has 0 spiro atoms. The van der Waals surface area contributed by atoms with Crippen molar-refractivity contribution in [2.24, 2.45) is 0 Å². The van der Waals surface area contributed by atoms with Crippen molar-refractivity contribution < 1.29 is 18.0 Å². The van der Waals surface area contributed by atoms with E-state index in [-0.39, 0.29) is 23.9 Å². The molecule has 31 heavy (non-hydrogen) atoms. The zero-order valence-electron chi connectivity index (χ0n) is 18.8. The number of amides is 2. The van der Waals surface area contributed by atoms with Gasteiger partial charge in [-0.3, -0.25) is 9.59 Å². The summed E-state index contributed by atoms with van der Waals surface area (Å²) in [6.07, 6.45) is 0.408. The van der Waals surface area contributed by atoms with Crippen LogP contribution < -0.4 is 5.32 Å². The average molecular weight is 446 g/mol. The predicted molar refractivity (Wildman–Crippen MR) is 121 cm³/mol. The third-order valence-electron chi connectivity index (χ3n) is 5.19. The number of carbonyl (C=O) groups is 2. The number of carbonyl (C=O) groups excluding carboxylic acids is 2. The van der Waals surface area contributed by atoms with Crippen molar-refractivity contribution in [3.63, 3.8) is 0 Å². The molecule has 7 nitrogen and oxygen atoms in total. The standard InChI is InChI=1S/C23H31N3O4S/c1-6-21(23(28)24-4)26(15-19-11-7-17(2)8-12-19)22(27)16-25(5)31(29,30)20-13-9-18(3)10-14-20/h7-14,21H,6,15-16H2,1-5H3,(H,24,28). The molecule has 0 fully saturated rings. The summed E-state index contributed by atoms with van der Waals surface area (Å²) in [6, 6.07) is 13.5. The molecular formula is C23H31N3O4S. The van der Waals surface area contributed by atoms with Gasteiger partial charge in [-0.05, 0) is 38.0 Å². The molecule has 0 aliphatic rings. The van der Waals surface area contributed by atoms with E-state index in [4.69, 9.17) is 0 Å². The molecule has 8 heteroatoms. The van der Waals surface area contributed by atoms with Crippen LogP contribution in [0.4, 0.5) is 0 Å². The van der Waals surface area contributed by atoms with Crippen LogP contribution in [0.25, 0.3) is 0 Å². The Labute approximate surface area is 185 Å². The van der Waals surface area contributed by atoms with Gasteiger partial charge in [-0.25, -0.2) is 8.42 Å². The lowest BCUT2D eigenvalue weighted by Gasteiger charge is -2.31. The summed E-state index contributed by atoms with van der Waals surface area (Å²) in [7, 11) is -0.941. The Morgan fingerprint density at radius 1 is 0.968 bits per heavy atom. The number of aryl methyl sites for hydroxylation is 2. The number of hydrogen-bond donors (Lipinski definition) is 1. The zero-order chi connectivity index (χ0) is 23.2. The Bertz CT molecular complexity index is 1000. The van der Waals surface area contributed by atoms with Gasteiger partial charge in [0.25, 0.3) is 0 Å². The van der Waals surface area contributed by atoms with Crippen LogP contribution in [0.15, 0.2) is 53.4 Å². The van der Waals surface area contributed by atoms with Crippen LogP contribution in [-0.2, 0) is 26.2 Å². The second-order valence-corrected chi connectivity index (χ2v) is 9.66. The SMILES string of the molecule is CCC(C(=O)NC)N(Cc1ccc(C)cc1)C(=O)CN(C)S(=O)(=O)c1ccc(C)cc1. The van der Waals surface area contributed by atoms with Gasteiger partial charge in [0, 0.05) is 20.6 Å². The first-order valence-electron chi connectivity index (χ1n) is 10.2. The van der Waals surface area contributed by atoms with E-state index < -0.39 is 22.0 Å². The first-order valence-corrected chi connectivity index (χ1v) is 11.6. The Morgan fingerprint density at radius 3 is 1.97 bits per heavy atom. The van der Waals surface area contributed by atoms with Crippen LogP contribution in [0.2, 0.25) is 0 Å². The normalized spacial score (nSPS) is 12.5. The van der Waals surface area contributed by atoms with Crippen molar-refractivity contribution in [3.8, 4) is 0 Å². The predicted octanol–water partition coefficient (Wildman–Crippen LogP) is 2.48. The van der Waals surface area contributed by atoms with Crippen LogP contribution in [0.5, 0.6) is 0 Å². The minimum absolute atomic E-state index is 0.122. The highest BCUT2D eigenvalue weighted by molar-refractivity contribution is 7.89. The molecule has 2 amide bonds. The summed E-state index contributed by atoms with van der Waals surface area (Å²) >= 11 is 0. The van der Waals surface area contributed by atoms with Gasteiger partial charge >= 0.3 is 0 Å². The van der Waals surface area contributed by atoms with E-state index in [1.165, 1.54) is 31.1 Å². The molecule has 0 aliphatic carbocycles. The summed E-state index contributed by atoms with van der Waals surface area (Å²) in [4.78, 5) is 27.2. The summed E-state index contributed by atoms with van der Waals surface area (Å²) in [5, 5.41) is 2.60. The largest absolute Gasteiger partial charge is 0.357 e. The molecule has 0 saturated carbocycles. The first kappa shape index (κ1) is 24.6. The molecule has 0 heterocycles. The highest BCUT2D eigenvalue weighted by Gasteiger charge is 2.31. The molecule has 0 radical (unpaired) electrons. The lowest BCUT2D eigenvalue weighted by molar-refractivity contribution is -0.141. The van der Waals surface area contributed by atoms with Crippen molar-refractivity contribution in [1.82, 2.24) is 14.5 Å². The lowest BCUT2D eigenvalue weighted by atomic mass is 10.1. The van der Waals surface area contributed by atoms with Crippen LogP contribution in [-0.4, -0.2) is 56.1 Å². The highest BCUT2D eigenvalue weighted by Crippen LogP contribution is 2.17. The van der Waals surface area contributed by atoms with Gasteiger partial charge in [-0.1, -0.05) is 54.4 Å². The smallest absolute Gasteiger partial charge is 0.243 e. The van der Waals surface area contributed by atoms with Crippen LogP contribution >= 0.6 is 0 Å². The number of nitrogens with zero attached hydrogens (tertiary/aromatic N) is 2. The van der Waals surface area contributed by atoms with E-state index in [0.29, 0.717) is 6.42 Å². The fourth-order valence-electron chi connectivity index (χ4n) is 3.23. The van der Waals surface area contributed by atoms with Gasteiger partial charge in [-0.2, -0.15) is 4.31 Å². The monoisotopic (exact) mass is 445 g/mol. The maximum Gasteiger partial charge on any atom is 0.243 e. The maximum atomic E-state index is 13.2. The third kappa shape index (κ3) is 6.15. The summed E-state index contributed by atoms with van der Waals surface area (Å²) < 4.78 is 26.8. The number of hydrogen-bond acceptors (Lipinski definition) is 4. The summed E-state index contributed by atoms with van der Waals surface area (Å²) in [5.74, 6) is -0.721. The molecule has 168 valence electrons. The quantitative estimate of drug-likeness (QED) is 0.642. The molecule has 1 N–H and O–H groups in total. The Morgan fingerprint density at radius 2 is 1.48 bits per heavy atom. The molecule has 0 aromatic heterocycles. The van der Waals surface area contributed by atoms with E-state index in [0.717, 1.165) is 21.0 Å². The highest BCUT2D eigenvalue weighted by atomic mass is 32.2. The fraction of sp³-hybridized carbons (Fsp3) is 0.391. The van der Waals surface area contributed by atoms with E-state index in [1.54, 1.807) is 12.1 Å². The second kappa shape index (κ2) is 10.5. The molecule has 1 unspecified atom stereocenters. The van der Waals surface area contributed by atoms with Gasteiger partial charge in [0.1, 0.15) is 6.04 Å². The third-order valence-corrected chi connectivity index (χ3v) is 7.01. The molecule has 0 aliphatic heterocycles. The van der Waals surface area contributed by atoms with Gasteiger partial charge in [-0.15, -0.1) is 0 Å². The van der Waals surface area contributed by atoms with E-state index in [9.17, 15) is 18.0 Å². The van der Waals surface area contributed by atoms with Gasteiger partial charge < -0.3 is 10.2 Å². The Balaban J connectivity index is 2.29. The average Bonchev–Trinajstić information content (AvgIpc) is 2.74.